The first-order valence-electron chi connectivity index (χ1n) is 7.68. The van der Waals surface area contributed by atoms with Crippen LogP contribution in [0.2, 0.25) is 0 Å². The Balaban J connectivity index is 1.83. The molecule has 2 rings (SSSR count). The molecule has 0 saturated carbocycles. The molecule has 1 fully saturated rings. The monoisotopic (exact) mass is 261 g/mol. The van der Waals surface area contributed by atoms with Crippen molar-refractivity contribution in [1.29, 1.82) is 0 Å². The first-order chi connectivity index (χ1) is 9.31. The summed E-state index contributed by atoms with van der Waals surface area (Å²) in [7, 11) is 0. The van der Waals surface area contributed by atoms with Gasteiger partial charge in [0, 0.05) is 13.2 Å². The van der Waals surface area contributed by atoms with Gasteiger partial charge in [0.25, 0.3) is 0 Å². The lowest BCUT2D eigenvalue weighted by molar-refractivity contribution is 0.0784. The molecule has 0 aromatic heterocycles. The fourth-order valence-electron chi connectivity index (χ4n) is 2.92. The molecule has 1 saturated heterocycles. The van der Waals surface area contributed by atoms with Crippen molar-refractivity contribution in [3.05, 3.63) is 35.9 Å². The van der Waals surface area contributed by atoms with Crippen LogP contribution < -0.4 is 5.32 Å². The third-order valence-corrected chi connectivity index (χ3v) is 4.13. The van der Waals surface area contributed by atoms with Gasteiger partial charge in [-0.25, -0.2) is 0 Å². The molecule has 3 unspecified atom stereocenters. The quantitative estimate of drug-likeness (QED) is 0.757. The second kappa shape index (κ2) is 7.66. The number of benzene rings is 1. The summed E-state index contributed by atoms with van der Waals surface area (Å²) in [5.74, 6) is 1.27. The van der Waals surface area contributed by atoms with Crippen LogP contribution in [0.1, 0.15) is 44.6 Å². The van der Waals surface area contributed by atoms with Crippen LogP contribution in [-0.4, -0.2) is 25.8 Å². The molecule has 1 aromatic rings. The van der Waals surface area contributed by atoms with Crippen molar-refractivity contribution < 1.29 is 4.74 Å². The molecule has 0 amide bonds. The summed E-state index contributed by atoms with van der Waals surface area (Å²) in [4.78, 5) is 0. The molecule has 0 bridgehead atoms. The first-order valence-corrected chi connectivity index (χ1v) is 7.68. The van der Waals surface area contributed by atoms with Gasteiger partial charge in [0.1, 0.15) is 0 Å². The van der Waals surface area contributed by atoms with Gasteiger partial charge in [0.05, 0.1) is 6.10 Å². The van der Waals surface area contributed by atoms with Crippen LogP contribution in [0.5, 0.6) is 0 Å². The molecule has 1 aliphatic rings. The second-order valence-corrected chi connectivity index (χ2v) is 5.71. The molecular weight excluding hydrogens is 234 g/mol. The molecule has 19 heavy (non-hydrogen) atoms. The van der Waals surface area contributed by atoms with Gasteiger partial charge in [0.15, 0.2) is 0 Å². The predicted molar refractivity (Wildman–Crippen MR) is 80.5 cm³/mol. The third-order valence-electron chi connectivity index (χ3n) is 4.13. The Morgan fingerprint density at radius 3 is 2.84 bits per heavy atom. The van der Waals surface area contributed by atoms with Gasteiger partial charge in [0.2, 0.25) is 0 Å². The summed E-state index contributed by atoms with van der Waals surface area (Å²) >= 11 is 0. The average molecular weight is 261 g/mol. The van der Waals surface area contributed by atoms with E-state index >= 15 is 0 Å². The van der Waals surface area contributed by atoms with E-state index in [1.165, 1.54) is 18.4 Å². The largest absolute Gasteiger partial charge is 0.378 e. The lowest BCUT2D eigenvalue weighted by atomic mass is 9.89. The summed E-state index contributed by atoms with van der Waals surface area (Å²) in [5.41, 5.74) is 1.43. The molecule has 0 radical (unpaired) electrons. The van der Waals surface area contributed by atoms with E-state index in [2.05, 4.69) is 49.5 Å². The van der Waals surface area contributed by atoms with Crippen LogP contribution in [0.3, 0.4) is 0 Å². The van der Waals surface area contributed by atoms with E-state index in [-0.39, 0.29) is 0 Å². The van der Waals surface area contributed by atoms with Crippen molar-refractivity contribution in [1.82, 2.24) is 5.32 Å². The summed E-state index contributed by atoms with van der Waals surface area (Å²) in [6, 6.07) is 10.8. The van der Waals surface area contributed by atoms with Crippen molar-refractivity contribution in [2.75, 3.05) is 19.7 Å². The first kappa shape index (κ1) is 14.5. The van der Waals surface area contributed by atoms with Gasteiger partial charge in [-0.15, -0.1) is 0 Å². The summed E-state index contributed by atoms with van der Waals surface area (Å²) < 4.78 is 5.95. The normalized spacial score (nSPS) is 24.5. The zero-order chi connectivity index (χ0) is 13.5. The van der Waals surface area contributed by atoms with Crippen LogP contribution in [0.25, 0.3) is 0 Å². The van der Waals surface area contributed by atoms with Gasteiger partial charge in [-0.05, 0) is 43.2 Å². The van der Waals surface area contributed by atoms with E-state index in [9.17, 15) is 0 Å². The standard InChI is InChI=1S/C17H27NO/c1-3-10-18-13-16-9-11-19-17(16)12-14(2)15-7-5-4-6-8-15/h4-8,14,16-18H,3,9-13H2,1-2H3. The number of ether oxygens (including phenoxy) is 1. The minimum Gasteiger partial charge on any atom is -0.378 e. The summed E-state index contributed by atoms with van der Waals surface area (Å²) in [5, 5.41) is 3.54. The minimum absolute atomic E-state index is 0.430. The topological polar surface area (TPSA) is 21.3 Å². The molecule has 1 aliphatic heterocycles. The molecule has 2 heteroatoms. The lowest BCUT2D eigenvalue weighted by Crippen LogP contribution is -2.29. The Morgan fingerprint density at radius 1 is 1.32 bits per heavy atom. The summed E-state index contributed by atoms with van der Waals surface area (Å²) in [6.45, 7) is 7.70. The van der Waals surface area contributed by atoms with Gasteiger partial charge in [-0.1, -0.05) is 44.2 Å². The van der Waals surface area contributed by atoms with E-state index in [1.54, 1.807) is 0 Å². The van der Waals surface area contributed by atoms with Crippen molar-refractivity contribution in [3.8, 4) is 0 Å². The van der Waals surface area contributed by atoms with Crippen LogP contribution in [0, 0.1) is 5.92 Å². The van der Waals surface area contributed by atoms with Crippen LogP contribution in [0.4, 0.5) is 0 Å². The van der Waals surface area contributed by atoms with Gasteiger partial charge >= 0.3 is 0 Å². The fourth-order valence-corrected chi connectivity index (χ4v) is 2.92. The van der Waals surface area contributed by atoms with E-state index in [1.807, 2.05) is 0 Å². The summed E-state index contributed by atoms with van der Waals surface area (Å²) in [6.07, 6.45) is 3.99. The number of rotatable bonds is 7. The molecule has 2 nitrogen and oxygen atoms in total. The molecule has 1 aromatic carbocycles. The number of nitrogens with one attached hydrogen (secondary N) is 1. The predicted octanol–water partition coefficient (Wildman–Crippen LogP) is 3.58. The lowest BCUT2D eigenvalue weighted by Gasteiger charge is -2.22. The van der Waals surface area contributed by atoms with E-state index < -0.39 is 0 Å². The average Bonchev–Trinajstić information content (AvgIpc) is 2.87. The maximum absolute atomic E-state index is 5.95. The molecule has 1 heterocycles. The van der Waals surface area contributed by atoms with Crippen molar-refractivity contribution in [2.24, 2.45) is 5.92 Å². The minimum atomic E-state index is 0.430. The number of hydrogen-bond acceptors (Lipinski definition) is 2. The van der Waals surface area contributed by atoms with Gasteiger partial charge < -0.3 is 10.1 Å². The SMILES string of the molecule is CCCNCC1CCOC1CC(C)c1ccccc1. The van der Waals surface area contributed by atoms with Gasteiger partial charge in [-0.3, -0.25) is 0 Å². The highest BCUT2D eigenvalue weighted by Gasteiger charge is 2.29. The zero-order valence-electron chi connectivity index (χ0n) is 12.3. The van der Waals surface area contributed by atoms with E-state index in [4.69, 9.17) is 4.74 Å². The Morgan fingerprint density at radius 2 is 2.11 bits per heavy atom. The Hall–Kier alpha value is -0.860. The van der Waals surface area contributed by atoms with Crippen LogP contribution >= 0.6 is 0 Å². The fraction of sp³-hybridized carbons (Fsp3) is 0.647. The molecular formula is C17H27NO. The highest BCUT2D eigenvalue weighted by Crippen LogP contribution is 2.30. The Bertz CT molecular complexity index is 352. The molecule has 0 aliphatic carbocycles. The molecule has 0 spiro atoms. The van der Waals surface area contributed by atoms with Gasteiger partial charge in [-0.2, -0.15) is 0 Å². The highest BCUT2D eigenvalue weighted by atomic mass is 16.5. The zero-order valence-corrected chi connectivity index (χ0v) is 12.3. The van der Waals surface area contributed by atoms with E-state index in [0.29, 0.717) is 17.9 Å². The highest BCUT2D eigenvalue weighted by molar-refractivity contribution is 5.18. The smallest absolute Gasteiger partial charge is 0.0622 e. The van der Waals surface area contributed by atoms with Crippen LogP contribution in [-0.2, 0) is 4.74 Å². The molecule has 106 valence electrons. The maximum Gasteiger partial charge on any atom is 0.0622 e. The van der Waals surface area contributed by atoms with E-state index in [0.717, 1.165) is 26.1 Å². The number of hydrogen-bond donors (Lipinski definition) is 1. The molecule has 3 atom stereocenters. The third kappa shape index (κ3) is 4.32. The van der Waals surface area contributed by atoms with Crippen molar-refractivity contribution in [3.63, 3.8) is 0 Å². The molecule has 1 N–H and O–H groups in total. The Kier molecular flexibility index (Phi) is 5.87. The maximum atomic E-state index is 5.95. The van der Waals surface area contributed by atoms with Crippen molar-refractivity contribution >= 4 is 0 Å². The van der Waals surface area contributed by atoms with Crippen molar-refractivity contribution in [2.45, 2.75) is 45.1 Å². The Labute approximate surface area is 117 Å². The van der Waals surface area contributed by atoms with Crippen LogP contribution in [0.15, 0.2) is 30.3 Å². The second-order valence-electron chi connectivity index (χ2n) is 5.71.